The average molecular weight is 251 g/mol. The quantitative estimate of drug-likeness (QED) is 0.893. The molecule has 18 heavy (non-hydrogen) atoms. The van der Waals surface area contributed by atoms with Crippen molar-refractivity contribution in [2.24, 2.45) is 0 Å². The lowest BCUT2D eigenvalue weighted by atomic mass is 10.0. The van der Waals surface area contributed by atoms with E-state index in [4.69, 9.17) is 4.74 Å². The Hall–Kier alpha value is -1.55. The molecule has 0 spiro atoms. The molecule has 0 saturated carbocycles. The van der Waals surface area contributed by atoms with Crippen LogP contribution < -0.4 is 9.64 Å². The summed E-state index contributed by atoms with van der Waals surface area (Å²) in [5.74, 6) is 0.524. The van der Waals surface area contributed by atoms with Gasteiger partial charge in [0.1, 0.15) is 11.9 Å². The van der Waals surface area contributed by atoms with Crippen molar-refractivity contribution in [1.29, 1.82) is 0 Å². The number of aliphatic hydroxyl groups is 1. The van der Waals surface area contributed by atoms with E-state index >= 15 is 0 Å². The molecule has 0 aliphatic heterocycles. The zero-order chi connectivity index (χ0) is 14.0. The zero-order valence-corrected chi connectivity index (χ0v) is 11.9. The molecule has 1 unspecified atom stereocenters. The van der Waals surface area contributed by atoms with Crippen LogP contribution in [-0.4, -0.2) is 31.3 Å². The van der Waals surface area contributed by atoms with Crippen LogP contribution in [0.5, 0.6) is 5.75 Å². The Morgan fingerprint density at radius 2 is 1.89 bits per heavy atom. The number of carbonyl (C=O) groups is 1. The Balaban J connectivity index is 3.31. The lowest BCUT2D eigenvalue weighted by molar-refractivity contribution is -0.125. The SMILES string of the molecule is COc1c(C)cc(N(C)C(=O)C(C)O)c(C)c1C. The number of carbonyl (C=O) groups excluding carboxylic acids is 1. The van der Waals surface area contributed by atoms with Gasteiger partial charge in [0.05, 0.1) is 7.11 Å². The van der Waals surface area contributed by atoms with E-state index in [0.29, 0.717) is 0 Å². The van der Waals surface area contributed by atoms with Crippen molar-refractivity contribution in [2.75, 3.05) is 19.1 Å². The van der Waals surface area contributed by atoms with Gasteiger partial charge in [-0.3, -0.25) is 4.79 Å². The van der Waals surface area contributed by atoms with Gasteiger partial charge in [-0.05, 0) is 50.5 Å². The third kappa shape index (κ3) is 2.48. The predicted octanol–water partition coefficient (Wildman–Crippen LogP) is 1.96. The fraction of sp³-hybridized carbons (Fsp3) is 0.500. The van der Waals surface area contributed by atoms with Crippen LogP contribution >= 0.6 is 0 Å². The number of anilines is 1. The van der Waals surface area contributed by atoms with Crippen molar-refractivity contribution in [3.05, 3.63) is 22.8 Å². The van der Waals surface area contributed by atoms with E-state index in [0.717, 1.165) is 28.1 Å². The van der Waals surface area contributed by atoms with Crippen LogP contribution in [0.3, 0.4) is 0 Å². The van der Waals surface area contributed by atoms with Crippen LogP contribution in [-0.2, 0) is 4.79 Å². The Morgan fingerprint density at radius 1 is 1.33 bits per heavy atom. The van der Waals surface area contributed by atoms with Crippen LogP contribution in [0, 0.1) is 20.8 Å². The van der Waals surface area contributed by atoms with Gasteiger partial charge in [0.2, 0.25) is 0 Å². The van der Waals surface area contributed by atoms with Crippen LogP contribution in [0.4, 0.5) is 5.69 Å². The molecule has 1 aromatic rings. The summed E-state index contributed by atoms with van der Waals surface area (Å²) in [5, 5.41) is 9.37. The molecule has 1 atom stereocenters. The Morgan fingerprint density at radius 3 is 2.33 bits per heavy atom. The zero-order valence-electron chi connectivity index (χ0n) is 11.9. The minimum atomic E-state index is -1.00. The summed E-state index contributed by atoms with van der Waals surface area (Å²) in [6.45, 7) is 7.32. The number of ether oxygens (including phenoxy) is 1. The van der Waals surface area contributed by atoms with E-state index in [1.807, 2.05) is 26.8 Å². The van der Waals surface area contributed by atoms with Crippen molar-refractivity contribution >= 4 is 11.6 Å². The predicted molar refractivity (Wildman–Crippen MR) is 72.3 cm³/mol. The number of aliphatic hydroxyl groups excluding tert-OH is 1. The van der Waals surface area contributed by atoms with E-state index in [1.54, 1.807) is 14.2 Å². The number of amides is 1. The molecule has 0 radical (unpaired) electrons. The van der Waals surface area contributed by atoms with Gasteiger partial charge in [0.15, 0.2) is 0 Å². The summed E-state index contributed by atoms with van der Waals surface area (Å²) in [6, 6.07) is 1.90. The van der Waals surface area contributed by atoms with Crippen molar-refractivity contribution in [1.82, 2.24) is 0 Å². The normalized spacial score (nSPS) is 12.2. The van der Waals surface area contributed by atoms with E-state index in [1.165, 1.54) is 11.8 Å². The molecule has 0 aliphatic rings. The molecule has 4 heteroatoms. The van der Waals surface area contributed by atoms with E-state index in [9.17, 15) is 9.90 Å². The Bertz CT molecular complexity index is 467. The molecular formula is C14H21NO3. The van der Waals surface area contributed by atoms with Gasteiger partial charge >= 0.3 is 0 Å². The fourth-order valence-electron chi connectivity index (χ4n) is 2.10. The second-order valence-corrected chi connectivity index (χ2v) is 4.57. The summed E-state index contributed by atoms with van der Waals surface area (Å²) in [4.78, 5) is 13.3. The monoisotopic (exact) mass is 251 g/mol. The standard InChI is InChI=1S/C14H21NO3/c1-8-7-12(15(5)14(17)11(4)16)9(2)10(3)13(8)18-6/h7,11,16H,1-6H3. The molecule has 0 saturated heterocycles. The summed E-state index contributed by atoms with van der Waals surface area (Å²) >= 11 is 0. The highest BCUT2D eigenvalue weighted by Gasteiger charge is 2.20. The molecule has 1 rings (SSSR count). The minimum absolute atomic E-state index is 0.318. The summed E-state index contributed by atoms with van der Waals surface area (Å²) in [7, 11) is 3.31. The highest BCUT2D eigenvalue weighted by atomic mass is 16.5. The largest absolute Gasteiger partial charge is 0.496 e. The lowest BCUT2D eigenvalue weighted by Gasteiger charge is -2.24. The molecule has 4 nitrogen and oxygen atoms in total. The van der Waals surface area contributed by atoms with Gasteiger partial charge in [0, 0.05) is 12.7 Å². The number of rotatable bonds is 3. The topological polar surface area (TPSA) is 49.8 Å². The van der Waals surface area contributed by atoms with E-state index in [2.05, 4.69) is 0 Å². The number of hydrogen-bond donors (Lipinski definition) is 1. The molecule has 0 heterocycles. The lowest BCUT2D eigenvalue weighted by Crippen LogP contribution is -2.35. The minimum Gasteiger partial charge on any atom is -0.496 e. The van der Waals surface area contributed by atoms with Crippen molar-refractivity contribution in [2.45, 2.75) is 33.8 Å². The van der Waals surface area contributed by atoms with Gasteiger partial charge < -0.3 is 14.7 Å². The van der Waals surface area contributed by atoms with Crippen molar-refractivity contribution in [3.63, 3.8) is 0 Å². The third-order valence-corrected chi connectivity index (χ3v) is 3.25. The second kappa shape index (κ2) is 5.40. The second-order valence-electron chi connectivity index (χ2n) is 4.57. The molecule has 0 fully saturated rings. The van der Waals surface area contributed by atoms with Gasteiger partial charge in [-0.2, -0.15) is 0 Å². The number of hydrogen-bond acceptors (Lipinski definition) is 3. The number of aryl methyl sites for hydroxylation is 1. The molecule has 1 aromatic carbocycles. The maximum atomic E-state index is 11.8. The smallest absolute Gasteiger partial charge is 0.255 e. The van der Waals surface area contributed by atoms with Crippen molar-refractivity contribution in [3.8, 4) is 5.75 Å². The third-order valence-electron chi connectivity index (χ3n) is 3.25. The first kappa shape index (κ1) is 14.5. The highest BCUT2D eigenvalue weighted by molar-refractivity contribution is 5.96. The number of likely N-dealkylation sites (N-methyl/N-ethyl adjacent to an activating group) is 1. The average Bonchev–Trinajstić information content (AvgIpc) is 2.32. The molecule has 0 aromatic heterocycles. The fourth-order valence-corrected chi connectivity index (χ4v) is 2.10. The van der Waals surface area contributed by atoms with Crippen LogP contribution in [0.1, 0.15) is 23.6 Å². The van der Waals surface area contributed by atoms with Gasteiger partial charge in [-0.15, -0.1) is 0 Å². The first-order chi connectivity index (χ1) is 8.31. The molecule has 100 valence electrons. The summed E-state index contributed by atoms with van der Waals surface area (Å²) in [5.41, 5.74) is 3.77. The highest BCUT2D eigenvalue weighted by Crippen LogP contribution is 2.33. The maximum absolute atomic E-state index is 11.8. The van der Waals surface area contributed by atoms with Gasteiger partial charge in [-0.25, -0.2) is 0 Å². The van der Waals surface area contributed by atoms with Gasteiger partial charge in [-0.1, -0.05) is 0 Å². The molecule has 1 amide bonds. The van der Waals surface area contributed by atoms with Crippen LogP contribution in [0.15, 0.2) is 6.07 Å². The number of methoxy groups -OCH3 is 1. The van der Waals surface area contributed by atoms with Gasteiger partial charge in [0.25, 0.3) is 5.91 Å². The first-order valence-corrected chi connectivity index (χ1v) is 5.91. The van der Waals surface area contributed by atoms with Crippen molar-refractivity contribution < 1.29 is 14.6 Å². The summed E-state index contributed by atoms with van der Waals surface area (Å²) in [6.07, 6.45) is -1.00. The summed E-state index contributed by atoms with van der Waals surface area (Å²) < 4.78 is 5.35. The molecule has 0 aliphatic carbocycles. The molecule has 1 N–H and O–H groups in total. The number of nitrogens with zero attached hydrogens (tertiary/aromatic N) is 1. The Labute approximate surface area is 108 Å². The number of benzene rings is 1. The van der Waals surface area contributed by atoms with Crippen LogP contribution in [0.25, 0.3) is 0 Å². The van der Waals surface area contributed by atoms with E-state index < -0.39 is 6.10 Å². The van der Waals surface area contributed by atoms with E-state index in [-0.39, 0.29) is 5.91 Å². The first-order valence-electron chi connectivity index (χ1n) is 5.91. The maximum Gasteiger partial charge on any atom is 0.255 e. The molecule has 0 bridgehead atoms. The van der Waals surface area contributed by atoms with Crippen LogP contribution in [0.2, 0.25) is 0 Å². The Kier molecular flexibility index (Phi) is 4.35. The molecular weight excluding hydrogens is 230 g/mol.